The van der Waals surface area contributed by atoms with Crippen molar-refractivity contribution >= 4 is 11.7 Å². The first-order chi connectivity index (χ1) is 12.7. The van der Waals surface area contributed by atoms with Crippen LogP contribution in [0.25, 0.3) is 27.9 Å². The second-order valence-corrected chi connectivity index (χ2v) is 5.51. The fourth-order valence-corrected chi connectivity index (χ4v) is 2.70. The maximum Gasteiger partial charge on any atom is 0.422 e. The molecule has 0 aliphatic rings. The van der Waals surface area contributed by atoms with Crippen LogP contribution >= 0.6 is 0 Å². The van der Waals surface area contributed by atoms with E-state index in [4.69, 9.17) is 4.74 Å². The summed E-state index contributed by atoms with van der Waals surface area (Å²) in [4.78, 5) is 19.8. The molecule has 0 fully saturated rings. The van der Waals surface area contributed by atoms with Gasteiger partial charge in [-0.15, -0.1) is 0 Å². The number of ether oxygens (including phenoxy) is 1. The van der Waals surface area contributed by atoms with Crippen LogP contribution in [0.2, 0.25) is 0 Å². The Labute approximate surface area is 151 Å². The second-order valence-electron chi connectivity index (χ2n) is 5.51. The number of carbonyl (C=O) groups excluding carboxylic acids is 1. The van der Waals surface area contributed by atoms with Gasteiger partial charge in [-0.2, -0.15) is 4.79 Å². The molecule has 26 heavy (non-hydrogen) atoms. The van der Waals surface area contributed by atoms with Crippen LogP contribution < -0.4 is 0 Å². The van der Waals surface area contributed by atoms with E-state index in [1.165, 1.54) is 0 Å². The minimum absolute atomic E-state index is 0.148. The molecule has 1 aromatic heterocycles. The molecule has 0 saturated carbocycles. The number of benzene rings is 2. The first kappa shape index (κ1) is 17.3. The molecule has 0 bridgehead atoms. The zero-order valence-electron chi connectivity index (χ0n) is 14.3. The van der Waals surface area contributed by atoms with Crippen molar-refractivity contribution in [3.8, 4) is 22.4 Å². The van der Waals surface area contributed by atoms with E-state index in [9.17, 15) is 10.3 Å². The Morgan fingerprint density at radius 1 is 1.04 bits per heavy atom. The van der Waals surface area contributed by atoms with Crippen molar-refractivity contribution in [2.24, 2.45) is 0 Å². The first-order valence-electron chi connectivity index (χ1n) is 8.25. The molecule has 0 amide bonds. The Morgan fingerprint density at radius 2 is 1.81 bits per heavy atom. The largest absolute Gasteiger partial charge is 0.457 e. The molecule has 0 aliphatic carbocycles. The third kappa shape index (κ3) is 3.58. The van der Waals surface area contributed by atoms with Gasteiger partial charge in [0, 0.05) is 11.8 Å². The summed E-state index contributed by atoms with van der Waals surface area (Å²) in [5.41, 5.74) is 13.0. The highest BCUT2D eigenvalue weighted by molar-refractivity contribution is 6.42. The van der Waals surface area contributed by atoms with E-state index in [2.05, 4.69) is 9.77 Å². The van der Waals surface area contributed by atoms with Gasteiger partial charge in [0.2, 0.25) is 0 Å². The first-order valence-corrected chi connectivity index (χ1v) is 8.25. The van der Waals surface area contributed by atoms with Crippen LogP contribution in [0.1, 0.15) is 12.5 Å². The number of aromatic nitrogens is 1. The number of esters is 1. The standard InChI is InChI=1S/C21H17N3O2/c1-2-26-21(25)20(24-22)18-14-16(15-8-4-3-5-9-15)11-12-17(18)19-10-6-7-13-23-19/h3-14H,2H2,1H3. The van der Waals surface area contributed by atoms with Crippen LogP contribution in [-0.2, 0) is 9.53 Å². The monoisotopic (exact) mass is 343 g/mol. The highest BCUT2D eigenvalue weighted by Gasteiger charge is 2.28. The quantitative estimate of drug-likeness (QED) is 0.304. The van der Waals surface area contributed by atoms with Crippen molar-refractivity contribution in [3.63, 3.8) is 0 Å². The minimum atomic E-state index is -0.683. The molecule has 2 aromatic carbocycles. The van der Waals surface area contributed by atoms with E-state index in [1.807, 2.05) is 66.7 Å². The van der Waals surface area contributed by atoms with E-state index in [0.717, 1.165) is 11.1 Å². The average molecular weight is 343 g/mol. The topological polar surface area (TPSA) is 75.6 Å². The van der Waals surface area contributed by atoms with Gasteiger partial charge >= 0.3 is 11.7 Å². The molecule has 0 radical (unpaired) electrons. The van der Waals surface area contributed by atoms with Crippen LogP contribution in [0.5, 0.6) is 0 Å². The van der Waals surface area contributed by atoms with Crippen LogP contribution in [0.15, 0.2) is 72.9 Å². The Balaban J connectivity index is 2.20. The Morgan fingerprint density at radius 3 is 2.46 bits per heavy atom. The Hall–Kier alpha value is -3.56. The fraction of sp³-hybridized carbons (Fsp3) is 0.0952. The predicted octanol–water partition coefficient (Wildman–Crippen LogP) is 4.00. The lowest BCUT2D eigenvalue weighted by molar-refractivity contribution is -0.139. The lowest BCUT2D eigenvalue weighted by atomic mass is 9.94. The molecule has 5 nitrogen and oxygen atoms in total. The fourth-order valence-electron chi connectivity index (χ4n) is 2.70. The van der Waals surface area contributed by atoms with Crippen molar-refractivity contribution in [2.75, 3.05) is 6.61 Å². The van der Waals surface area contributed by atoms with Crippen molar-refractivity contribution in [1.29, 1.82) is 0 Å². The second kappa shape index (κ2) is 8.01. The average Bonchev–Trinajstić information content (AvgIpc) is 2.70. The van der Waals surface area contributed by atoms with Gasteiger partial charge in [-0.05, 0) is 36.2 Å². The van der Waals surface area contributed by atoms with Crippen LogP contribution in [0, 0.1) is 0 Å². The molecule has 5 heteroatoms. The van der Waals surface area contributed by atoms with Crippen molar-refractivity contribution in [3.05, 3.63) is 84.0 Å². The lowest BCUT2D eigenvalue weighted by Gasteiger charge is -2.09. The smallest absolute Gasteiger partial charge is 0.422 e. The summed E-state index contributed by atoms with van der Waals surface area (Å²) >= 11 is 0. The summed E-state index contributed by atoms with van der Waals surface area (Å²) in [6.07, 6.45) is 1.67. The van der Waals surface area contributed by atoms with Gasteiger partial charge in [-0.25, -0.2) is 4.79 Å². The summed E-state index contributed by atoms with van der Waals surface area (Å²) in [5, 5.41) is 0. The van der Waals surface area contributed by atoms with Gasteiger partial charge in [0.25, 0.3) is 0 Å². The normalized spacial score (nSPS) is 10.0. The predicted molar refractivity (Wildman–Crippen MR) is 99.5 cm³/mol. The zero-order valence-corrected chi connectivity index (χ0v) is 14.3. The number of hydrogen-bond donors (Lipinski definition) is 0. The number of rotatable bonds is 5. The number of carbonyl (C=O) groups is 1. The van der Waals surface area contributed by atoms with Gasteiger partial charge in [0.15, 0.2) is 0 Å². The van der Waals surface area contributed by atoms with E-state index in [-0.39, 0.29) is 12.3 Å². The molecule has 3 aromatic rings. The summed E-state index contributed by atoms with van der Waals surface area (Å²) in [6.45, 7) is 1.89. The molecular formula is C21H17N3O2. The molecule has 0 atom stereocenters. The summed E-state index contributed by atoms with van der Waals surface area (Å²) in [7, 11) is 0. The van der Waals surface area contributed by atoms with Crippen molar-refractivity contribution in [2.45, 2.75) is 6.92 Å². The van der Waals surface area contributed by atoms with Crippen molar-refractivity contribution < 1.29 is 14.3 Å². The van der Waals surface area contributed by atoms with E-state index < -0.39 is 5.97 Å². The molecule has 0 aliphatic heterocycles. The zero-order chi connectivity index (χ0) is 18.4. The number of pyridine rings is 1. The highest BCUT2D eigenvalue weighted by Crippen LogP contribution is 2.28. The van der Waals surface area contributed by atoms with Gasteiger partial charge in [-0.3, -0.25) is 4.98 Å². The van der Waals surface area contributed by atoms with E-state index >= 15 is 0 Å². The Kier molecular flexibility index (Phi) is 5.32. The maximum absolute atomic E-state index is 12.3. The maximum atomic E-state index is 12.3. The molecule has 0 unspecified atom stereocenters. The van der Waals surface area contributed by atoms with E-state index in [0.29, 0.717) is 16.8 Å². The molecule has 0 N–H and O–H groups in total. The van der Waals surface area contributed by atoms with Gasteiger partial charge in [0.05, 0.1) is 17.9 Å². The third-order valence-electron chi connectivity index (χ3n) is 3.89. The minimum Gasteiger partial charge on any atom is -0.457 e. The van der Waals surface area contributed by atoms with Gasteiger partial charge in [0.1, 0.15) is 0 Å². The summed E-state index contributed by atoms with van der Waals surface area (Å²) in [5.74, 6) is -0.683. The Bertz CT molecular complexity index is 963. The third-order valence-corrected chi connectivity index (χ3v) is 3.89. The van der Waals surface area contributed by atoms with Gasteiger partial charge in [-0.1, -0.05) is 48.5 Å². The molecule has 1 heterocycles. The molecule has 128 valence electrons. The van der Waals surface area contributed by atoms with Crippen LogP contribution in [-0.4, -0.2) is 28.1 Å². The molecule has 0 saturated heterocycles. The van der Waals surface area contributed by atoms with Gasteiger partial charge < -0.3 is 10.3 Å². The van der Waals surface area contributed by atoms with Crippen LogP contribution in [0.3, 0.4) is 0 Å². The van der Waals surface area contributed by atoms with Crippen molar-refractivity contribution in [1.82, 2.24) is 4.98 Å². The number of nitrogens with zero attached hydrogens (tertiary/aromatic N) is 3. The SMILES string of the molecule is CCOC(=O)C(=[N+]=[N-])c1cc(-c2ccccc2)ccc1-c1ccccn1. The summed E-state index contributed by atoms with van der Waals surface area (Å²) < 4.78 is 5.04. The lowest BCUT2D eigenvalue weighted by Crippen LogP contribution is -2.20. The highest BCUT2D eigenvalue weighted by atomic mass is 16.5. The van der Waals surface area contributed by atoms with Crippen LogP contribution in [0.4, 0.5) is 0 Å². The molecular weight excluding hydrogens is 326 g/mol. The summed E-state index contributed by atoms with van der Waals surface area (Å²) in [6, 6.07) is 20.9. The van der Waals surface area contributed by atoms with E-state index in [1.54, 1.807) is 13.1 Å². The molecule has 0 spiro atoms. The molecule has 3 rings (SSSR count). The number of hydrogen-bond acceptors (Lipinski definition) is 3.